The van der Waals surface area contributed by atoms with Crippen LogP contribution in [0.3, 0.4) is 0 Å². The van der Waals surface area contributed by atoms with Crippen molar-refractivity contribution in [3.05, 3.63) is 0 Å². The first-order chi connectivity index (χ1) is 7.70. The summed E-state index contributed by atoms with van der Waals surface area (Å²) in [4.78, 5) is 0. The molecule has 4 unspecified atom stereocenters. The zero-order valence-corrected chi connectivity index (χ0v) is 11.3. The van der Waals surface area contributed by atoms with Crippen molar-refractivity contribution in [1.82, 2.24) is 5.32 Å². The monoisotopic (exact) mass is 223 g/mol. The molecule has 4 atom stereocenters. The van der Waals surface area contributed by atoms with E-state index >= 15 is 0 Å². The van der Waals surface area contributed by atoms with Crippen LogP contribution in [-0.2, 0) is 0 Å². The van der Waals surface area contributed by atoms with Gasteiger partial charge >= 0.3 is 0 Å². The summed E-state index contributed by atoms with van der Waals surface area (Å²) >= 11 is 0. The first-order valence-electron chi connectivity index (χ1n) is 7.44. The highest BCUT2D eigenvalue weighted by molar-refractivity contribution is 4.95. The standard InChI is InChI=1S/C15H29N/c1-4-16-15(8-5-11(2)3)14-10-12-6-7-13(14)9-12/h11-16H,4-10H2,1-3H3. The Labute approximate surface area is 101 Å². The Kier molecular flexibility index (Phi) is 4.29. The number of rotatable bonds is 6. The second kappa shape index (κ2) is 5.53. The average molecular weight is 223 g/mol. The van der Waals surface area contributed by atoms with Crippen molar-refractivity contribution in [2.24, 2.45) is 23.7 Å². The topological polar surface area (TPSA) is 12.0 Å². The third-order valence-electron chi connectivity index (χ3n) is 4.83. The molecule has 0 spiro atoms. The summed E-state index contributed by atoms with van der Waals surface area (Å²) < 4.78 is 0. The van der Waals surface area contributed by atoms with Crippen molar-refractivity contribution in [2.45, 2.75) is 65.3 Å². The Morgan fingerprint density at radius 1 is 1.12 bits per heavy atom. The van der Waals surface area contributed by atoms with E-state index in [9.17, 15) is 0 Å². The van der Waals surface area contributed by atoms with Crippen molar-refractivity contribution in [3.63, 3.8) is 0 Å². The summed E-state index contributed by atoms with van der Waals surface area (Å²) in [6.45, 7) is 8.11. The zero-order chi connectivity index (χ0) is 11.5. The molecule has 2 rings (SSSR count). The third-order valence-corrected chi connectivity index (χ3v) is 4.83. The maximum absolute atomic E-state index is 3.76. The van der Waals surface area contributed by atoms with Gasteiger partial charge in [-0.2, -0.15) is 0 Å². The van der Waals surface area contributed by atoms with Crippen LogP contribution in [0.15, 0.2) is 0 Å². The van der Waals surface area contributed by atoms with Crippen molar-refractivity contribution in [1.29, 1.82) is 0 Å². The van der Waals surface area contributed by atoms with E-state index < -0.39 is 0 Å². The van der Waals surface area contributed by atoms with Gasteiger partial charge in [-0.25, -0.2) is 0 Å². The smallest absolute Gasteiger partial charge is 0.00980 e. The fraction of sp³-hybridized carbons (Fsp3) is 1.00. The Balaban J connectivity index is 1.86. The van der Waals surface area contributed by atoms with Crippen molar-refractivity contribution < 1.29 is 0 Å². The van der Waals surface area contributed by atoms with Gasteiger partial charge in [-0.05, 0) is 62.3 Å². The Morgan fingerprint density at radius 3 is 2.44 bits per heavy atom. The zero-order valence-electron chi connectivity index (χ0n) is 11.3. The van der Waals surface area contributed by atoms with E-state index in [4.69, 9.17) is 0 Å². The van der Waals surface area contributed by atoms with Gasteiger partial charge in [0.15, 0.2) is 0 Å². The summed E-state index contributed by atoms with van der Waals surface area (Å²) in [5.41, 5.74) is 0. The first kappa shape index (κ1) is 12.4. The van der Waals surface area contributed by atoms with E-state index in [0.717, 1.165) is 36.3 Å². The van der Waals surface area contributed by atoms with Crippen LogP contribution in [0.5, 0.6) is 0 Å². The largest absolute Gasteiger partial charge is 0.314 e. The first-order valence-corrected chi connectivity index (χ1v) is 7.44. The van der Waals surface area contributed by atoms with Crippen LogP contribution in [0.4, 0.5) is 0 Å². The molecule has 0 aromatic carbocycles. The van der Waals surface area contributed by atoms with Crippen LogP contribution in [-0.4, -0.2) is 12.6 Å². The fourth-order valence-corrected chi connectivity index (χ4v) is 4.03. The number of hydrogen-bond donors (Lipinski definition) is 1. The van der Waals surface area contributed by atoms with Gasteiger partial charge in [0.25, 0.3) is 0 Å². The van der Waals surface area contributed by atoms with Gasteiger partial charge in [-0.15, -0.1) is 0 Å². The quantitative estimate of drug-likeness (QED) is 0.721. The molecule has 0 aromatic heterocycles. The van der Waals surface area contributed by atoms with Crippen molar-refractivity contribution in [2.75, 3.05) is 6.54 Å². The number of fused-ring (bicyclic) bond motifs is 2. The molecule has 2 bridgehead atoms. The fourth-order valence-electron chi connectivity index (χ4n) is 4.03. The van der Waals surface area contributed by atoms with E-state index in [1.54, 1.807) is 6.42 Å². The molecule has 2 saturated carbocycles. The predicted octanol–water partition coefficient (Wildman–Crippen LogP) is 3.84. The van der Waals surface area contributed by atoms with Gasteiger partial charge in [0.1, 0.15) is 0 Å². The van der Waals surface area contributed by atoms with E-state index in [1.165, 1.54) is 32.1 Å². The van der Waals surface area contributed by atoms with Crippen LogP contribution in [0, 0.1) is 23.7 Å². The number of hydrogen-bond acceptors (Lipinski definition) is 1. The van der Waals surface area contributed by atoms with Gasteiger partial charge in [-0.3, -0.25) is 0 Å². The maximum atomic E-state index is 3.76. The summed E-state index contributed by atoms with van der Waals surface area (Å²) in [6.07, 6.45) is 8.93. The molecule has 0 aromatic rings. The Morgan fingerprint density at radius 2 is 1.94 bits per heavy atom. The normalized spacial score (nSPS) is 34.9. The SMILES string of the molecule is CCNC(CCC(C)C)C1CC2CCC1C2. The highest BCUT2D eigenvalue weighted by atomic mass is 14.9. The van der Waals surface area contributed by atoms with Gasteiger partial charge in [0, 0.05) is 6.04 Å². The second-order valence-corrected chi connectivity index (χ2v) is 6.47. The molecular formula is C15H29N. The molecule has 0 saturated heterocycles. The minimum Gasteiger partial charge on any atom is -0.314 e. The third kappa shape index (κ3) is 2.80. The van der Waals surface area contributed by atoms with Gasteiger partial charge < -0.3 is 5.32 Å². The molecule has 0 radical (unpaired) electrons. The lowest BCUT2D eigenvalue weighted by atomic mass is 9.81. The average Bonchev–Trinajstić information content (AvgIpc) is 2.85. The lowest BCUT2D eigenvalue weighted by molar-refractivity contribution is 0.232. The van der Waals surface area contributed by atoms with E-state index in [2.05, 4.69) is 26.1 Å². The maximum Gasteiger partial charge on any atom is 0.00980 e. The minimum absolute atomic E-state index is 0.822. The summed E-state index contributed by atoms with van der Waals surface area (Å²) in [5, 5.41) is 3.76. The summed E-state index contributed by atoms with van der Waals surface area (Å²) in [7, 11) is 0. The molecule has 1 N–H and O–H groups in total. The summed E-state index contributed by atoms with van der Waals surface area (Å²) in [5.74, 6) is 4.04. The summed E-state index contributed by atoms with van der Waals surface area (Å²) in [6, 6.07) is 0.822. The molecule has 1 heteroatoms. The minimum atomic E-state index is 0.822. The van der Waals surface area contributed by atoms with Crippen molar-refractivity contribution in [3.8, 4) is 0 Å². The molecule has 2 aliphatic rings. The molecule has 2 aliphatic carbocycles. The molecule has 0 aliphatic heterocycles. The lowest BCUT2D eigenvalue weighted by Crippen LogP contribution is -2.38. The highest BCUT2D eigenvalue weighted by Gasteiger charge is 2.42. The molecule has 0 amide bonds. The molecule has 0 heterocycles. The van der Waals surface area contributed by atoms with Gasteiger partial charge in [0.2, 0.25) is 0 Å². The lowest BCUT2D eigenvalue weighted by Gasteiger charge is -2.31. The van der Waals surface area contributed by atoms with Crippen molar-refractivity contribution >= 4 is 0 Å². The van der Waals surface area contributed by atoms with Gasteiger partial charge in [0.05, 0.1) is 0 Å². The van der Waals surface area contributed by atoms with Crippen LogP contribution >= 0.6 is 0 Å². The molecule has 1 nitrogen and oxygen atoms in total. The molecule has 94 valence electrons. The highest BCUT2D eigenvalue weighted by Crippen LogP contribution is 2.50. The van der Waals surface area contributed by atoms with Gasteiger partial charge in [-0.1, -0.05) is 27.2 Å². The predicted molar refractivity (Wildman–Crippen MR) is 70.5 cm³/mol. The molecular weight excluding hydrogens is 194 g/mol. The molecule has 16 heavy (non-hydrogen) atoms. The van der Waals surface area contributed by atoms with Crippen LogP contribution in [0.2, 0.25) is 0 Å². The molecule has 2 fully saturated rings. The number of nitrogens with one attached hydrogen (secondary N) is 1. The van der Waals surface area contributed by atoms with E-state index in [-0.39, 0.29) is 0 Å². The van der Waals surface area contributed by atoms with E-state index in [1.807, 2.05) is 0 Å². The van der Waals surface area contributed by atoms with Crippen LogP contribution in [0.1, 0.15) is 59.3 Å². The van der Waals surface area contributed by atoms with Crippen LogP contribution in [0.25, 0.3) is 0 Å². The van der Waals surface area contributed by atoms with Crippen LogP contribution < -0.4 is 5.32 Å². The Bertz CT molecular complexity index is 211. The van der Waals surface area contributed by atoms with E-state index in [0.29, 0.717) is 0 Å². The Hall–Kier alpha value is -0.0400. The second-order valence-electron chi connectivity index (χ2n) is 6.47.